The van der Waals surface area contributed by atoms with Crippen molar-refractivity contribution >= 4 is 11.9 Å². The maximum Gasteiger partial charge on any atom is 0.306 e. The second-order valence-corrected chi connectivity index (χ2v) is 17.2. The largest absolute Gasteiger partial charge is 0.458 e. The number of hydrogen-bond donors (Lipinski definition) is 3. The lowest BCUT2D eigenvalue weighted by molar-refractivity contribution is -0.148. The van der Waals surface area contributed by atoms with E-state index in [9.17, 15) is 19.8 Å². The first-order valence-electron chi connectivity index (χ1n) is 25.5. The van der Waals surface area contributed by atoms with E-state index in [1.165, 1.54) is 128 Å². The fourth-order valence-electron chi connectivity index (χ4n) is 7.40. The third-order valence-corrected chi connectivity index (χ3v) is 11.3. The van der Waals surface area contributed by atoms with Crippen LogP contribution in [0.4, 0.5) is 0 Å². The predicted octanol–water partition coefficient (Wildman–Crippen LogP) is 15.2. The number of rotatable bonds is 45. The number of allylic oxidation sites excluding steroid dienone is 9. The Labute approximate surface area is 371 Å². The Balaban J connectivity index is 4.65. The number of ether oxygens (including phenoxy) is 1. The fraction of sp³-hybridized carbons (Fsp3) is 0.778. The summed E-state index contributed by atoms with van der Waals surface area (Å²) in [6.07, 6.45) is 58.8. The van der Waals surface area contributed by atoms with Gasteiger partial charge in [-0.1, -0.05) is 217 Å². The summed E-state index contributed by atoms with van der Waals surface area (Å²) in [5.74, 6) is -0.627. The second kappa shape index (κ2) is 47.6. The van der Waals surface area contributed by atoms with Gasteiger partial charge in [-0.05, 0) is 76.7 Å². The lowest BCUT2D eigenvalue weighted by Gasteiger charge is -2.23. The summed E-state index contributed by atoms with van der Waals surface area (Å²) in [7, 11) is 0. The van der Waals surface area contributed by atoms with Crippen LogP contribution in [0.5, 0.6) is 0 Å². The molecule has 0 aromatic carbocycles. The third-order valence-electron chi connectivity index (χ3n) is 11.3. The molecule has 0 saturated carbocycles. The van der Waals surface area contributed by atoms with Crippen LogP contribution >= 0.6 is 0 Å². The van der Waals surface area contributed by atoms with E-state index in [2.05, 4.69) is 74.7 Å². The molecule has 0 saturated heterocycles. The van der Waals surface area contributed by atoms with Crippen molar-refractivity contribution in [1.82, 2.24) is 5.32 Å². The van der Waals surface area contributed by atoms with Crippen LogP contribution in [0.2, 0.25) is 0 Å². The Hall–Kier alpha value is -2.44. The average Bonchev–Trinajstić information content (AvgIpc) is 3.24. The Morgan fingerprint density at radius 2 is 0.883 bits per heavy atom. The van der Waals surface area contributed by atoms with Gasteiger partial charge >= 0.3 is 5.97 Å². The summed E-state index contributed by atoms with van der Waals surface area (Å²) in [5.41, 5.74) is 0. The first-order chi connectivity index (χ1) is 29.5. The smallest absolute Gasteiger partial charge is 0.306 e. The standard InChI is InChI=1S/C54H97NO5/c1-4-7-10-13-16-19-22-24-25-26-27-29-32-35-38-41-44-47-54(59)60-50(45-42-39-36-33-30-21-18-15-12-9-6-3)48-53(58)55-51(49-56)52(57)46-43-40-37-34-31-28-23-20-17-14-11-8-5-2/h16,19,24-25,27,29,33,36,42,45,50-52,56-57H,4-15,17-18,20-23,26,28,30-32,34-35,37-41,43-44,46-49H2,1-3H3,(H,55,58)/b19-16-,25-24-,29-27-,36-33-,45-42+. The van der Waals surface area contributed by atoms with E-state index in [0.717, 1.165) is 70.6 Å². The molecule has 0 aliphatic heterocycles. The lowest BCUT2D eigenvalue weighted by Crippen LogP contribution is -2.46. The number of carbonyl (C=O) groups excluding carboxylic acids is 2. The van der Waals surface area contributed by atoms with Crippen molar-refractivity contribution in [3.8, 4) is 0 Å². The molecule has 0 rings (SSSR count). The van der Waals surface area contributed by atoms with Crippen LogP contribution in [0.15, 0.2) is 60.8 Å². The molecule has 0 aliphatic carbocycles. The molecule has 6 heteroatoms. The SMILES string of the molecule is CCCCC/C=C\C/C=C\C/C=C\CCCCCCC(=O)OC(/C=C/C/C=C\CCCCCCCC)CC(=O)NC(CO)C(O)CCCCCCCCCCCCCCC. The molecule has 6 nitrogen and oxygen atoms in total. The number of esters is 1. The minimum Gasteiger partial charge on any atom is -0.458 e. The Morgan fingerprint density at radius 1 is 0.500 bits per heavy atom. The maximum absolute atomic E-state index is 13.1. The van der Waals surface area contributed by atoms with Gasteiger partial charge in [0.25, 0.3) is 0 Å². The van der Waals surface area contributed by atoms with Crippen LogP contribution in [-0.2, 0) is 14.3 Å². The molecule has 348 valence electrons. The summed E-state index contributed by atoms with van der Waals surface area (Å²) in [4.78, 5) is 26.0. The molecule has 0 spiro atoms. The molecule has 0 aliphatic rings. The molecule has 0 bridgehead atoms. The van der Waals surface area contributed by atoms with Gasteiger partial charge in [-0.25, -0.2) is 0 Å². The van der Waals surface area contributed by atoms with Crippen molar-refractivity contribution in [2.24, 2.45) is 0 Å². The first-order valence-corrected chi connectivity index (χ1v) is 25.5. The van der Waals surface area contributed by atoms with Gasteiger partial charge in [0.1, 0.15) is 6.10 Å². The van der Waals surface area contributed by atoms with E-state index in [4.69, 9.17) is 4.74 Å². The van der Waals surface area contributed by atoms with E-state index in [-0.39, 0.29) is 24.9 Å². The number of aliphatic hydroxyl groups excluding tert-OH is 2. The summed E-state index contributed by atoms with van der Waals surface area (Å²) in [6.45, 7) is 6.41. The van der Waals surface area contributed by atoms with Gasteiger partial charge < -0.3 is 20.3 Å². The van der Waals surface area contributed by atoms with Crippen molar-refractivity contribution in [3.63, 3.8) is 0 Å². The fourth-order valence-corrected chi connectivity index (χ4v) is 7.40. The number of carbonyl (C=O) groups is 2. The van der Waals surface area contributed by atoms with Gasteiger partial charge in [-0.15, -0.1) is 0 Å². The topological polar surface area (TPSA) is 95.9 Å². The molecule has 0 fully saturated rings. The Bertz CT molecular complexity index is 1080. The molecule has 3 N–H and O–H groups in total. The van der Waals surface area contributed by atoms with E-state index < -0.39 is 18.2 Å². The Morgan fingerprint density at radius 3 is 1.37 bits per heavy atom. The van der Waals surface area contributed by atoms with E-state index in [1.54, 1.807) is 0 Å². The monoisotopic (exact) mass is 840 g/mol. The van der Waals surface area contributed by atoms with Gasteiger partial charge in [0.05, 0.1) is 25.2 Å². The van der Waals surface area contributed by atoms with Gasteiger partial charge in [0.15, 0.2) is 0 Å². The summed E-state index contributed by atoms with van der Waals surface area (Å²) in [6, 6.07) is -0.737. The van der Waals surface area contributed by atoms with Crippen molar-refractivity contribution in [2.75, 3.05) is 6.61 Å². The van der Waals surface area contributed by atoms with Crippen LogP contribution < -0.4 is 5.32 Å². The Kier molecular flexibility index (Phi) is 45.7. The number of amides is 1. The van der Waals surface area contributed by atoms with Crippen molar-refractivity contribution in [1.29, 1.82) is 0 Å². The predicted molar refractivity (Wildman–Crippen MR) is 259 cm³/mol. The van der Waals surface area contributed by atoms with Gasteiger partial charge in [0, 0.05) is 6.42 Å². The average molecular weight is 840 g/mol. The lowest BCUT2D eigenvalue weighted by atomic mass is 10.0. The summed E-state index contributed by atoms with van der Waals surface area (Å²) < 4.78 is 5.81. The molecular weight excluding hydrogens is 743 g/mol. The second-order valence-electron chi connectivity index (χ2n) is 17.2. The minimum absolute atomic E-state index is 0.0387. The highest BCUT2D eigenvalue weighted by atomic mass is 16.5. The molecule has 3 atom stereocenters. The summed E-state index contributed by atoms with van der Waals surface area (Å²) in [5, 5.41) is 23.7. The molecule has 1 amide bonds. The highest BCUT2D eigenvalue weighted by Crippen LogP contribution is 2.16. The van der Waals surface area contributed by atoms with Crippen molar-refractivity contribution in [2.45, 2.75) is 264 Å². The van der Waals surface area contributed by atoms with Crippen molar-refractivity contribution < 1.29 is 24.5 Å². The van der Waals surface area contributed by atoms with Gasteiger partial charge in [0.2, 0.25) is 5.91 Å². The van der Waals surface area contributed by atoms with Gasteiger partial charge in [-0.3, -0.25) is 9.59 Å². The zero-order chi connectivity index (χ0) is 43.8. The summed E-state index contributed by atoms with van der Waals surface area (Å²) >= 11 is 0. The number of aliphatic hydroxyl groups is 2. The van der Waals surface area contributed by atoms with Crippen LogP contribution in [-0.4, -0.2) is 46.9 Å². The van der Waals surface area contributed by atoms with Gasteiger partial charge in [-0.2, -0.15) is 0 Å². The zero-order valence-electron chi connectivity index (χ0n) is 39.6. The van der Waals surface area contributed by atoms with Crippen LogP contribution in [0.25, 0.3) is 0 Å². The highest BCUT2D eigenvalue weighted by molar-refractivity contribution is 5.78. The minimum atomic E-state index is -0.815. The normalized spacial score (nSPS) is 13.8. The molecule has 0 radical (unpaired) electrons. The zero-order valence-corrected chi connectivity index (χ0v) is 39.6. The molecule has 0 aromatic heterocycles. The molecular formula is C54H97NO5. The molecule has 0 heterocycles. The molecule has 3 unspecified atom stereocenters. The van der Waals surface area contributed by atoms with Crippen LogP contribution in [0.3, 0.4) is 0 Å². The van der Waals surface area contributed by atoms with Crippen LogP contribution in [0.1, 0.15) is 245 Å². The number of hydrogen-bond acceptors (Lipinski definition) is 5. The van der Waals surface area contributed by atoms with E-state index >= 15 is 0 Å². The van der Waals surface area contributed by atoms with E-state index in [0.29, 0.717) is 19.3 Å². The van der Waals surface area contributed by atoms with Crippen LogP contribution in [0, 0.1) is 0 Å². The van der Waals surface area contributed by atoms with E-state index in [1.807, 2.05) is 12.2 Å². The quantitative estimate of drug-likeness (QED) is 0.0322. The third kappa shape index (κ3) is 42.3. The molecule has 60 heavy (non-hydrogen) atoms. The number of nitrogens with one attached hydrogen (secondary N) is 1. The maximum atomic E-state index is 13.1. The number of unbranched alkanes of at least 4 members (excludes halogenated alkanes) is 25. The first kappa shape index (κ1) is 57.6. The molecule has 0 aromatic rings. The van der Waals surface area contributed by atoms with Crippen molar-refractivity contribution in [3.05, 3.63) is 60.8 Å². The highest BCUT2D eigenvalue weighted by Gasteiger charge is 2.23.